The summed E-state index contributed by atoms with van der Waals surface area (Å²) in [5.41, 5.74) is 8.72. The van der Waals surface area contributed by atoms with Gasteiger partial charge in [0.25, 0.3) is 0 Å². The zero-order chi connectivity index (χ0) is 19.5. The maximum atomic E-state index is 12.8. The Morgan fingerprint density at radius 3 is 2.61 bits per heavy atom. The molecule has 2 N–H and O–H groups in total. The lowest BCUT2D eigenvalue weighted by atomic mass is 9.84. The first kappa shape index (κ1) is 19.1. The molecule has 4 rings (SSSR count). The molecule has 28 heavy (non-hydrogen) atoms. The van der Waals surface area contributed by atoms with Gasteiger partial charge in [-0.05, 0) is 48.9 Å². The molecule has 0 aromatic heterocycles. The third kappa shape index (κ3) is 4.27. The van der Waals surface area contributed by atoms with Gasteiger partial charge in [-0.1, -0.05) is 48.4 Å². The van der Waals surface area contributed by atoms with Crippen LogP contribution >= 0.6 is 11.6 Å². The molecule has 2 aromatic rings. The molecule has 0 spiro atoms. The fourth-order valence-corrected chi connectivity index (χ4v) is 4.39. The molecule has 1 saturated carbocycles. The van der Waals surface area contributed by atoms with E-state index in [1.807, 2.05) is 47.4 Å². The Morgan fingerprint density at radius 2 is 1.93 bits per heavy atom. The van der Waals surface area contributed by atoms with Gasteiger partial charge >= 0.3 is 0 Å². The van der Waals surface area contributed by atoms with Crippen LogP contribution in [0.2, 0.25) is 5.02 Å². The molecular formula is C23H28ClN3O. The minimum atomic E-state index is 0.215. The predicted octanol–water partition coefficient (Wildman–Crippen LogP) is 4.37. The van der Waals surface area contributed by atoms with Crippen molar-refractivity contribution in [2.24, 2.45) is 5.92 Å². The molecule has 5 heteroatoms. The minimum absolute atomic E-state index is 0.215. The molecule has 2 aromatic carbocycles. The number of nitrogens with two attached hydrogens (primary N) is 1. The first-order chi connectivity index (χ1) is 13.6. The van der Waals surface area contributed by atoms with Crippen molar-refractivity contribution < 1.29 is 4.79 Å². The van der Waals surface area contributed by atoms with Crippen LogP contribution in [0.4, 0.5) is 11.4 Å². The van der Waals surface area contributed by atoms with E-state index in [0.717, 1.165) is 43.2 Å². The summed E-state index contributed by atoms with van der Waals surface area (Å²) < 4.78 is 0. The number of anilines is 2. The number of amides is 1. The Labute approximate surface area is 172 Å². The summed E-state index contributed by atoms with van der Waals surface area (Å²) in [6, 6.07) is 16.3. The molecule has 1 amide bonds. The van der Waals surface area contributed by atoms with Crippen LogP contribution in [0.5, 0.6) is 0 Å². The normalized spacial score (nSPS) is 19.5. The van der Waals surface area contributed by atoms with Gasteiger partial charge in [0.1, 0.15) is 0 Å². The van der Waals surface area contributed by atoms with Crippen molar-refractivity contribution in [2.45, 2.75) is 38.1 Å². The van der Waals surface area contributed by atoms with E-state index in [1.165, 1.54) is 19.3 Å². The summed E-state index contributed by atoms with van der Waals surface area (Å²) in [4.78, 5) is 17.3. The Morgan fingerprint density at radius 1 is 1.14 bits per heavy atom. The van der Waals surface area contributed by atoms with E-state index in [4.69, 9.17) is 17.3 Å². The van der Waals surface area contributed by atoms with Crippen molar-refractivity contribution in [2.75, 3.05) is 30.3 Å². The standard InChI is InChI=1S/C23H28ClN3O/c24-21-14-19(9-10-22(21)25)27(15-18-7-4-8-18)20-11-12-26(16-20)23(28)13-17-5-2-1-3-6-17/h1-3,5-6,9-10,14,18,20H,4,7-8,11-13,15-16,25H2. The van der Waals surface area contributed by atoms with Gasteiger partial charge in [0.05, 0.1) is 17.1 Å². The molecule has 0 bridgehead atoms. The number of carbonyl (C=O) groups excluding carboxylic acids is 1. The van der Waals surface area contributed by atoms with Crippen LogP contribution < -0.4 is 10.6 Å². The first-order valence-electron chi connectivity index (χ1n) is 10.2. The fraction of sp³-hybridized carbons (Fsp3) is 0.435. The molecule has 1 atom stereocenters. The Bertz CT molecular complexity index is 822. The number of carbonyl (C=O) groups is 1. The fourth-order valence-electron chi connectivity index (χ4n) is 4.22. The molecule has 1 unspecified atom stereocenters. The van der Waals surface area contributed by atoms with E-state index in [2.05, 4.69) is 11.0 Å². The molecule has 1 heterocycles. The van der Waals surface area contributed by atoms with Crippen LogP contribution in [0.25, 0.3) is 0 Å². The highest BCUT2D eigenvalue weighted by atomic mass is 35.5. The third-order valence-corrected chi connectivity index (χ3v) is 6.48. The van der Waals surface area contributed by atoms with E-state index in [1.54, 1.807) is 0 Å². The van der Waals surface area contributed by atoms with Gasteiger partial charge in [-0.15, -0.1) is 0 Å². The van der Waals surface area contributed by atoms with Crippen molar-refractivity contribution in [1.29, 1.82) is 0 Å². The molecule has 4 nitrogen and oxygen atoms in total. The average molecular weight is 398 g/mol. The number of hydrogen-bond donors (Lipinski definition) is 1. The Hall–Kier alpha value is -2.20. The van der Waals surface area contributed by atoms with E-state index in [9.17, 15) is 4.79 Å². The Kier molecular flexibility index (Phi) is 5.77. The summed E-state index contributed by atoms with van der Waals surface area (Å²) in [5.74, 6) is 0.957. The van der Waals surface area contributed by atoms with Crippen LogP contribution in [0.15, 0.2) is 48.5 Å². The molecular weight excluding hydrogens is 370 g/mol. The summed E-state index contributed by atoms with van der Waals surface area (Å²) in [5, 5.41) is 0.603. The minimum Gasteiger partial charge on any atom is -0.398 e. The number of rotatable bonds is 6. The smallest absolute Gasteiger partial charge is 0.227 e. The van der Waals surface area contributed by atoms with Crippen LogP contribution in [0.1, 0.15) is 31.2 Å². The predicted molar refractivity (Wildman–Crippen MR) is 116 cm³/mol. The lowest BCUT2D eigenvalue weighted by Crippen LogP contribution is -2.43. The number of benzene rings is 2. The number of nitrogens with zero attached hydrogens (tertiary/aromatic N) is 2. The second-order valence-electron chi connectivity index (χ2n) is 8.10. The number of halogens is 1. The van der Waals surface area contributed by atoms with Gasteiger partial charge in [0, 0.05) is 31.4 Å². The molecule has 1 saturated heterocycles. The topological polar surface area (TPSA) is 49.6 Å². The number of hydrogen-bond acceptors (Lipinski definition) is 3. The van der Waals surface area contributed by atoms with Gasteiger partial charge in [-0.25, -0.2) is 0 Å². The molecule has 2 aliphatic rings. The van der Waals surface area contributed by atoms with E-state index in [0.29, 0.717) is 23.2 Å². The maximum absolute atomic E-state index is 12.8. The van der Waals surface area contributed by atoms with Crippen molar-refractivity contribution in [1.82, 2.24) is 4.90 Å². The summed E-state index contributed by atoms with van der Waals surface area (Å²) in [7, 11) is 0. The second kappa shape index (κ2) is 8.44. The van der Waals surface area contributed by atoms with Crippen molar-refractivity contribution in [3.05, 3.63) is 59.1 Å². The first-order valence-corrected chi connectivity index (χ1v) is 10.6. The summed E-state index contributed by atoms with van der Waals surface area (Å²) in [6.07, 6.45) is 5.39. The molecule has 148 valence electrons. The average Bonchev–Trinajstić information content (AvgIpc) is 3.14. The lowest BCUT2D eigenvalue weighted by molar-refractivity contribution is -0.129. The highest BCUT2D eigenvalue weighted by molar-refractivity contribution is 6.33. The van der Waals surface area contributed by atoms with Gasteiger partial charge < -0.3 is 15.5 Å². The monoisotopic (exact) mass is 397 g/mol. The largest absolute Gasteiger partial charge is 0.398 e. The maximum Gasteiger partial charge on any atom is 0.227 e. The summed E-state index contributed by atoms with van der Waals surface area (Å²) >= 11 is 6.30. The van der Waals surface area contributed by atoms with Crippen LogP contribution in [0, 0.1) is 5.92 Å². The van der Waals surface area contributed by atoms with E-state index >= 15 is 0 Å². The van der Waals surface area contributed by atoms with E-state index < -0.39 is 0 Å². The van der Waals surface area contributed by atoms with Gasteiger partial charge in [0.2, 0.25) is 5.91 Å². The SMILES string of the molecule is Nc1ccc(N(CC2CCC2)C2CCN(C(=O)Cc3ccccc3)C2)cc1Cl. The Balaban J connectivity index is 1.46. The number of likely N-dealkylation sites (tertiary alicyclic amines) is 1. The zero-order valence-corrected chi connectivity index (χ0v) is 16.9. The van der Waals surface area contributed by atoms with Crippen LogP contribution in [-0.4, -0.2) is 36.5 Å². The lowest BCUT2D eigenvalue weighted by Gasteiger charge is -2.37. The number of nitrogen functional groups attached to an aromatic ring is 1. The second-order valence-corrected chi connectivity index (χ2v) is 8.51. The summed E-state index contributed by atoms with van der Waals surface area (Å²) in [6.45, 7) is 2.63. The van der Waals surface area contributed by atoms with Crippen molar-refractivity contribution >= 4 is 28.9 Å². The molecule has 1 aliphatic heterocycles. The highest BCUT2D eigenvalue weighted by Gasteiger charge is 2.33. The molecule has 2 fully saturated rings. The van der Waals surface area contributed by atoms with Gasteiger partial charge in [-0.3, -0.25) is 4.79 Å². The van der Waals surface area contributed by atoms with Crippen LogP contribution in [-0.2, 0) is 11.2 Å². The molecule has 0 radical (unpaired) electrons. The van der Waals surface area contributed by atoms with Gasteiger partial charge in [-0.2, -0.15) is 0 Å². The van der Waals surface area contributed by atoms with E-state index in [-0.39, 0.29) is 5.91 Å². The van der Waals surface area contributed by atoms with Crippen molar-refractivity contribution in [3.8, 4) is 0 Å². The van der Waals surface area contributed by atoms with Crippen LogP contribution in [0.3, 0.4) is 0 Å². The third-order valence-electron chi connectivity index (χ3n) is 6.15. The zero-order valence-electron chi connectivity index (χ0n) is 16.2. The highest BCUT2D eigenvalue weighted by Crippen LogP contribution is 2.34. The van der Waals surface area contributed by atoms with Gasteiger partial charge in [0.15, 0.2) is 0 Å². The quantitative estimate of drug-likeness (QED) is 0.736. The van der Waals surface area contributed by atoms with Crippen molar-refractivity contribution in [3.63, 3.8) is 0 Å². The molecule has 1 aliphatic carbocycles.